The first-order valence-electron chi connectivity index (χ1n) is 7.92. The van der Waals surface area contributed by atoms with Gasteiger partial charge < -0.3 is 0 Å². The Balaban J connectivity index is 2.02. The molecule has 2 aromatic carbocycles. The molecule has 2 aromatic rings. The van der Waals surface area contributed by atoms with E-state index in [0.717, 1.165) is 16.1 Å². The minimum absolute atomic E-state index is 0.0872. The van der Waals surface area contributed by atoms with Crippen LogP contribution in [0, 0.1) is 0 Å². The molecule has 118 valence electrons. The number of amides is 2. The third-order valence-corrected chi connectivity index (χ3v) is 8.95. The van der Waals surface area contributed by atoms with Crippen molar-refractivity contribution in [1.82, 2.24) is 4.90 Å². The second kappa shape index (κ2) is 9.58. The van der Waals surface area contributed by atoms with Crippen LogP contribution in [-0.2, 0) is 28.1 Å². The van der Waals surface area contributed by atoms with Gasteiger partial charge in [-0.1, -0.05) is 0 Å². The van der Waals surface area contributed by atoms with Gasteiger partial charge in [-0.3, -0.25) is 0 Å². The summed E-state index contributed by atoms with van der Waals surface area (Å²) in [5.74, 6) is -0.174. The first kappa shape index (κ1) is 17.8. The Morgan fingerprint density at radius 2 is 1.26 bits per heavy atom. The summed E-state index contributed by atoms with van der Waals surface area (Å²) in [5, 5.41) is 0. The molecule has 0 fully saturated rings. The van der Waals surface area contributed by atoms with Crippen LogP contribution < -0.4 is 4.90 Å². The van der Waals surface area contributed by atoms with Gasteiger partial charge in [0, 0.05) is 0 Å². The first-order valence-corrected chi connectivity index (χ1v) is 12.8. The van der Waals surface area contributed by atoms with E-state index in [1.165, 1.54) is 0 Å². The summed E-state index contributed by atoms with van der Waals surface area (Å²) < 4.78 is 7.13. The molecule has 2 rings (SSSR count). The Kier molecular flexibility index (Phi) is 7.43. The summed E-state index contributed by atoms with van der Waals surface area (Å²) in [4.78, 5) is 24.7. The fourth-order valence-electron chi connectivity index (χ4n) is 2.25. The minimum atomic E-state index is -2.69. The number of nitrogens with one attached hydrogen (secondary N) is 2. The Bertz CT molecular complexity index is 578. The molecule has 0 aromatic heterocycles. The van der Waals surface area contributed by atoms with Crippen molar-refractivity contribution in [3.63, 3.8) is 0 Å². The van der Waals surface area contributed by atoms with Crippen molar-refractivity contribution in [2.45, 2.75) is 23.0 Å². The molecule has 0 bridgehead atoms. The summed E-state index contributed by atoms with van der Waals surface area (Å²) in [5.41, 5.74) is 1.28. The molecule has 0 aliphatic heterocycles. The summed E-state index contributed by atoms with van der Waals surface area (Å²) in [6, 6.07) is 18.3. The summed E-state index contributed by atoms with van der Waals surface area (Å²) in [6.07, 6.45) is 2.07. The van der Waals surface area contributed by atoms with Crippen LogP contribution in [0.2, 0.25) is 3.23 Å². The van der Waals surface area contributed by atoms with E-state index in [1.54, 1.807) is 24.3 Å². The molecule has 23 heavy (non-hydrogen) atoms. The van der Waals surface area contributed by atoms with E-state index in [9.17, 15) is 9.59 Å². The molecule has 0 radical (unpaired) electrons. The van der Waals surface area contributed by atoms with Crippen molar-refractivity contribution >= 4 is 11.8 Å². The fraction of sp³-hybridized carbons (Fsp3) is 0.222. The molecular weight excluding hydrogens is 365 g/mol. The monoisotopic (exact) mass is 386 g/mol. The fourth-order valence-corrected chi connectivity index (χ4v) is 7.52. The van der Waals surface area contributed by atoms with Crippen molar-refractivity contribution in [3.8, 4) is 0 Å². The normalized spacial score (nSPS) is 9.96. The van der Waals surface area contributed by atoms with Gasteiger partial charge in [-0.15, -0.1) is 0 Å². The van der Waals surface area contributed by atoms with E-state index in [2.05, 4.69) is 11.8 Å². The van der Waals surface area contributed by atoms with Gasteiger partial charge >= 0.3 is 149 Å². The molecule has 4 nitrogen and oxygen atoms in total. The summed E-state index contributed by atoms with van der Waals surface area (Å²) in [7, 11) is 0. The number of carbonyl (C=O) groups is 2. The van der Waals surface area contributed by atoms with E-state index in [0.29, 0.717) is 11.1 Å². The molecule has 0 saturated heterocycles. The first-order chi connectivity index (χ1) is 11.2. The van der Waals surface area contributed by atoms with Crippen molar-refractivity contribution < 1.29 is 37.7 Å². The van der Waals surface area contributed by atoms with E-state index in [4.69, 9.17) is 0 Å². The van der Waals surface area contributed by atoms with Crippen LogP contribution in [0.1, 0.15) is 40.5 Å². The molecule has 5 heteroatoms. The molecule has 0 aliphatic carbocycles. The maximum absolute atomic E-state index is 12.3. The second-order valence-electron chi connectivity index (χ2n) is 5.37. The second-order valence-corrected chi connectivity index (χ2v) is 10.9. The Hall–Kier alpha value is -1.52. The van der Waals surface area contributed by atoms with Gasteiger partial charge in [0.1, 0.15) is 0 Å². The molecule has 0 heterocycles. The molecule has 0 aliphatic rings. The van der Waals surface area contributed by atoms with Crippen LogP contribution in [0.3, 0.4) is 0 Å². The van der Waals surface area contributed by atoms with Gasteiger partial charge in [0.15, 0.2) is 0 Å². The number of hydrogen-bond donors (Lipinski definition) is 2. The third kappa shape index (κ3) is 5.89. The average Bonchev–Trinajstić information content (AvgIpc) is 2.61. The van der Waals surface area contributed by atoms with E-state index in [-0.39, 0.29) is 11.8 Å². The third-order valence-electron chi connectivity index (χ3n) is 3.53. The average molecular weight is 386 g/mol. The van der Waals surface area contributed by atoms with Crippen molar-refractivity contribution in [2.75, 3.05) is 0 Å². The predicted molar refractivity (Wildman–Crippen MR) is 87.5 cm³/mol. The maximum atomic E-state index is 12.3. The van der Waals surface area contributed by atoms with Gasteiger partial charge in [-0.2, -0.15) is 0 Å². The zero-order chi connectivity index (χ0) is 16.5. The number of unbranched alkanes of at least 4 members (excludes halogenated alkanes) is 1. The van der Waals surface area contributed by atoms with Crippen LogP contribution >= 0.6 is 0 Å². The van der Waals surface area contributed by atoms with E-state index >= 15 is 0 Å². The number of carbonyl (C=O) groups excluding carboxylic acids is 2. The van der Waals surface area contributed by atoms with Crippen LogP contribution in [0.15, 0.2) is 60.7 Å². The zero-order valence-corrected chi connectivity index (χ0v) is 16.1. The Morgan fingerprint density at radius 3 is 1.65 bits per heavy atom. The predicted octanol–water partition coefficient (Wildman–Crippen LogP) is 3.51. The van der Waals surface area contributed by atoms with Crippen molar-refractivity contribution in [3.05, 3.63) is 71.8 Å². The van der Waals surface area contributed by atoms with Crippen LogP contribution in [0.4, 0.5) is 0 Å². The molecule has 0 spiro atoms. The summed E-state index contributed by atoms with van der Waals surface area (Å²) >= 11 is -2.69. The SMILES string of the molecule is CCC[CH2][Y]([NH]C(=O)c1ccccc1)[NH]C(=O)c1ccccc1. The Labute approximate surface area is 148 Å². The summed E-state index contributed by atoms with van der Waals surface area (Å²) in [6.45, 7) is 2.11. The van der Waals surface area contributed by atoms with Gasteiger partial charge in [0.2, 0.25) is 0 Å². The van der Waals surface area contributed by atoms with Gasteiger partial charge in [0.05, 0.1) is 0 Å². The van der Waals surface area contributed by atoms with E-state index in [1.807, 2.05) is 36.4 Å². The van der Waals surface area contributed by atoms with Crippen LogP contribution in [-0.4, -0.2) is 11.8 Å². The van der Waals surface area contributed by atoms with Gasteiger partial charge in [0.25, 0.3) is 0 Å². The molecular formula is C18H21N2O2Y. The van der Waals surface area contributed by atoms with Crippen molar-refractivity contribution in [2.24, 2.45) is 0 Å². The number of rotatable bonds is 7. The van der Waals surface area contributed by atoms with Crippen LogP contribution in [0.5, 0.6) is 0 Å². The molecule has 0 unspecified atom stereocenters. The molecule has 2 N–H and O–H groups in total. The van der Waals surface area contributed by atoms with Crippen molar-refractivity contribution in [1.29, 1.82) is 0 Å². The zero-order valence-electron chi connectivity index (χ0n) is 13.3. The molecule has 0 atom stereocenters. The number of benzene rings is 2. The molecule has 2 amide bonds. The number of hydrogen-bond acceptors (Lipinski definition) is 2. The Morgan fingerprint density at radius 1 is 0.826 bits per heavy atom. The topological polar surface area (TPSA) is 58.2 Å². The standard InChI is InChI=1S/2C7H7NO.C4H9.Y/c2*8-7(9)6-4-2-1-3-5-6;1-3-4-2;/h2*1-5H,(H2,8,9);1,3-4H2,2H3;/q;;;+2/p-2. The van der Waals surface area contributed by atoms with Gasteiger partial charge in [-0.25, -0.2) is 0 Å². The quantitative estimate of drug-likeness (QED) is 0.765. The molecule has 0 saturated carbocycles. The van der Waals surface area contributed by atoms with Crippen LogP contribution in [0.25, 0.3) is 0 Å². The van der Waals surface area contributed by atoms with Gasteiger partial charge in [-0.05, 0) is 0 Å². The van der Waals surface area contributed by atoms with E-state index < -0.39 is 28.1 Å².